The fourth-order valence-electron chi connectivity index (χ4n) is 0.885. The zero-order chi connectivity index (χ0) is 8.10. The van der Waals surface area contributed by atoms with Gasteiger partial charge < -0.3 is 10.6 Å². The van der Waals surface area contributed by atoms with Crippen LogP contribution in [0.25, 0.3) is 0 Å². The van der Waals surface area contributed by atoms with Crippen LogP contribution in [0.3, 0.4) is 0 Å². The number of amides is 1. The van der Waals surface area contributed by atoms with Gasteiger partial charge in [0.25, 0.3) is 0 Å². The number of carbonyl (C=O) groups is 1. The highest BCUT2D eigenvalue weighted by Crippen LogP contribution is 1.99. The molecule has 1 amide bonds. The number of nitrogens with one attached hydrogen (secondary N) is 2. The fourth-order valence-corrected chi connectivity index (χ4v) is 0.885. The first-order valence-electron chi connectivity index (χ1n) is 3.67. The van der Waals surface area contributed by atoms with Crippen molar-refractivity contribution in [3.8, 4) is 6.07 Å². The number of nitriles is 1. The van der Waals surface area contributed by atoms with E-state index in [0.29, 0.717) is 12.5 Å². The van der Waals surface area contributed by atoms with Gasteiger partial charge >= 0.3 is 0 Å². The molecule has 1 saturated heterocycles. The highest BCUT2D eigenvalue weighted by Gasteiger charge is 2.16. The number of rotatable bonds is 3. The minimum absolute atomic E-state index is 0.0276. The van der Waals surface area contributed by atoms with Crippen molar-refractivity contribution < 1.29 is 4.79 Å². The maximum absolute atomic E-state index is 10.7. The summed E-state index contributed by atoms with van der Waals surface area (Å²) in [6, 6.07) is 1.80. The van der Waals surface area contributed by atoms with Crippen molar-refractivity contribution in [2.24, 2.45) is 5.92 Å². The molecule has 1 aliphatic rings. The van der Waals surface area contributed by atoms with Crippen LogP contribution in [0, 0.1) is 17.2 Å². The van der Waals surface area contributed by atoms with Crippen LogP contribution in [-0.4, -0.2) is 25.5 Å². The van der Waals surface area contributed by atoms with Gasteiger partial charge in [0.2, 0.25) is 5.91 Å². The average Bonchev–Trinajstić information content (AvgIpc) is 1.85. The van der Waals surface area contributed by atoms with Crippen LogP contribution >= 0.6 is 0 Å². The Morgan fingerprint density at radius 3 is 2.91 bits per heavy atom. The van der Waals surface area contributed by atoms with Crippen molar-refractivity contribution in [2.75, 3.05) is 19.6 Å². The summed E-state index contributed by atoms with van der Waals surface area (Å²) in [4.78, 5) is 10.7. The van der Waals surface area contributed by atoms with Crippen molar-refractivity contribution in [1.82, 2.24) is 10.6 Å². The van der Waals surface area contributed by atoms with Crippen molar-refractivity contribution in [3.05, 3.63) is 0 Å². The first kappa shape index (κ1) is 8.02. The third-order valence-corrected chi connectivity index (χ3v) is 1.69. The minimum atomic E-state index is -0.167. The van der Waals surface area contributed by atoms with E-state index in [1.165, 1.54) is 0 Å². The summed E-state index contributed by atoms with van der Waals surface area (Å²) in [5.41, 5.74) is 0. The molecule has 1 aliphatic heterocycles. The van der Waals surface area contributed by atoms with Gasteiger partial charge in [-0.1, -0.05) is 0 Å². The number of hydrogen-bond donors (Lipinski definition) is 2. The highest BCUT2D eigenvalue weighted by atomic mass is 16.1. The van der Waals surface area contributed by atoms with E-state index in [1.807, 2.05) is 0 Å². The number of hydrogen-bond acceptors (Lipinski definition) is 3. The van der Waals surface area contributed by atoms with Crippen molar-refractivity contribution in [3.63, 3.8) is 0 Å². The highest BCUT2D eigenvalue weighted by molar-refractivity contribution is 5.77. The van der Waals surface area contributed by atoms with Gasteiger partial charge in [0, 0.05) is 25.6 Å². The molecule has 0 aromatic heterocycles. The molecule has 0 saturated carbocycles. The molecule has 0 spiro atoms. The summed E-state index contributed by atoms with van der Waals surface area (Å²) in [7, 11) is 0. The van der Waals surface area contributed by atoms with Crippen molar-refractivity contribution in [2.45, 2.75) is 6.42 Å². The quantitative estimate of drug-likeness (QED) is 0.560. The average molecular weight is 153 g/mol. The van der Waals surface area contributed by atoms with Gasteiger partial charge in [0.05, 0.1) is 6.07 Å². The van der Waals surface area contributed by atoms with Gasteiger partial charge in [0.15, 0.2) is 0 Å². The SMILES string of the molecule is N#CCC(=O)NCC1CNC1. The lowest BCUT2D eigenvalue weighted by atomic mass is 10.0. The van der Waals surface area contributed by atoms with E-state index < -0.39 is 0 Å². The molecule has 0 bridgehead atoms. The van der Waals surface area contributed by atoms with Crippen LogP contribution in [0.2, 0.25) is 0 Å². The monoisotopic (exact) mass is 153 g/mol. The molecule has 0 aromatic carbocycles. The molecule has 1 fully saturated rings. The molecule has 0 unspecified atom stereocenters. The van der Waals surface area contributed by atoms with Crippen molar-refractivity contribution >= 4 is 5.91 Å². The van der Waals surface area contributed by atoms with Gasteiger partial charge in [-0.3, -0.25) is 4.79 Å². The summed E-state index contributed by atoms with van der Waals surface area (Å²) in [5.74, 6) is 0.400. The maximum Gasteiger partial charge on any atom is 0.234 e. The predicted octanol–water partition coefficient (Wildman–Crippen LogP) is -0.764. The molecule has 4 heteroatoms. The third-order valence-electron chi connectivity index (χ3n) is 1.69. The Kier molecular flexibility index (Phi) is 2.87. The fraction of sp³-hybridized carbons (Fsp3) is 0.714. The second-order valence-corrected chi connectivity index (χ2v) is 2.66. The molecule has 2 N–H and O–H groups in total. The van der Waals surface area contributed by atoms with Crippen LogP contribution in [-0.2, 0) is 4.79 Å². The Morgan fingerprint density at radius 2 is 2.45 bits per heavy atom. The van der Waals surface area contributed by atoms with Crippen LogP contribution in [0.5, 0.6) is 0 Å². The van der Waals surface area contributed by atoms with Gasteiger partial charge in [-0.15, -0.1) is 0 Å². The molecule has 0 aromatic rings. The van der Waals surface area contributed by atoms with Crippen LogP contribution in [0.15, 0.2) is 0 Å². The number of carbonyl (C=O) groups excluding carboxylic acids is 1. The lowest BCUT2D eigenvalue weighted by Crippen LogP contribution is -2.48. The van der Waals surface area contributed by atoms with Crippen LogP contribution < -0.4 is 10.6 Å². The molecular formula is C7H11N3O. The van der Waals surface area contributed by atoms with Gasteiger partial charge in [0.1, 0.15) is 6.42 Å². The molecule has 0 aliphatic carbocycles. The van der Waals surface area contributed by atoms with E-state index in [0.717, 1.165) is 13.1 Å². The molecule has 0 radical (unpaired) electrons. The van der Waals surface area contributed by atoms with E-state index in [-0.39, 0.29) is 12.3 Å². The second-order valence-electron chi connectivity index (χ2n) is 2.66. The predicted molar refractivity (Wildman–Crippen MR) is 39.6 cm³/mol. The molecule has 4 nitrogen and oxygen atoms in total. The largest absolute Gasteiger partial charge is 0.355 e. The van der Waals surface area contributed by atoms with E-state index in [9.17, 15) is 4.79 Å². The summed E-state index contributed by atoms with van der Waals surface area (Å²) < 4.78 is 0. The number of nitrogens with zero attached hydrogens (tertiary/aromatic N) is 1. The standard InChI is InChI=1S/C7H11N3O/c8-2-1-7(11)10-5-6-3-9-4-6/h6,9H,1,3-5H2,(H,10,11). The molecule has 1 heterocycles. The molecule has 0 atom stereocenters. The summed E-state index contributed by atoms with van der Waals surface area (Å²) in [5, 5.41) is 13.9. The molecule has 60 valence electrons. The smallest absolute Gasteiger partial charge is 0.234 e. The minimum Gasteiger partial charge on any atom is -0.355 e. The summed E-state index contributed by atoms with van der Waals surface area (Å²) in [6.45, 7) is 2.66. The first-order chi connectivity index (χ1) is 5.33. The normalized spacial score (nSPS) is 16.6. The lowest BCUT2D eigenvalue weighted by Gasteiger charge is -2.26. The van der Waals surface area contributed by atoms with Crippen molar-refractivity contribution in [1.29, 1.82) is 5.26 Å². The van der Waals surface area contributed by atoms with Gasteiger partial charge in [-0.25, -0.2) is 0 Å². The van der Waals surface area contributed by atoms with Gasteiger partial charge in [-0.2, -0.15) is 5.26 Å². The Hall–Kier alpha value is -1.08. The van der Waals surface area contributed by atoms with E-state index in [2.05, 4.69) is 10.6 Å². The lowest BCUT2D eigenvalue weighted by molar-refractivity contribution is -0.120. The second kappa shape index (κ2) is 3.94. The summed E-state index contributed by atoms with van der Waals surface area (Å²) in [6.07, 6.45) is -0.0276. The van der Waals surface area contributed by atoms with Gasteiger partial charge in [-0.05, 0) is 0 Å². The Bertz CT molecular complexity index is 181. The zero-order valence-electron chi connectivity index (χ0n) is 6.26. The van der Waals surface area contributed by atoms with Crippen LogP contribution in [0.1, 0.15) is 6.42 Å². The Morgan fingerprint density at radius 1 is 1.73 bits per heavy atom. The topological polar surface area (TPSA) is 64.9 Å². The zero-order valence-corrected chi connectivity index (χ0v) is 6.26. The maximum atomic E-state index is 10.7. The molecule has 11 heavy (non-hydrogen) atoms. The van der Waals surface area contributed by atoms with Crippen LogP contribution in [0.4, 0.5) is 0 Å². The first-order valence-corrected chi connectivity index (χ1v) is 3.67. The van der Waals surface area contributed by atoms with E-state index in [4.69, 9.17) is 5.26 Å². The molecule has 1 rings (SSSR count). The van der Waals surface area contributed by atoms with E-state index in [1.54, 1.807) is 6.07 Å². The molecular weight excluding hydrogens is 142 g/mol. The van der Waals surface area contributed by atoms with E-state index >= 15 is 0 Å². The Balaban J connectivity index is 2.02. The summed E-state index contributed by atoms with van der Waals surface area (Å²) >= 11 is 0. The Labute approximate surface area is 65.6 Å². The third kappa shape index (κ3) is 2.56.